The van der Waals surface area contributed by atoms with Crippen LogP contribution in [0.2, 0.25) is 0 Å². The monoisotopic (exact) mass is 472 g/mol. The Bertz CT molecular complexity index is 1010. The van der Waals surface area contributed by atoms with Crippen LogP contribution in [0, 0.1) is 0 Å². The van der Waals surface area contributed by atoms with E-state index in [1.807, 2.05) is 0 Å². The molecule has 2 N–H and O–H groups in total. The maximum Gasteiger partial charge on any atom is 0.416 e. The quantitative estimate of drug-likeness (QED) is 0.622. The molecular weight excluding hydrogens is 453 g/mol. The van der Waals surface area contributed by atoms with Crippen LogP contribution in [0.15, 0.2) is 23.6 Å². The second kappa shape index (κ2) is 9.96. The van der Waals surface area contributed by atoms with Gasteiger partial charge >= 0.3 is 12.1 Å². The van der Waals surface area contributed by atoms with E-state index >= 15 is 0 Å². The third-order valence-electron chi connectivity index (χ3n) is 4.28. The standard InChI is InChI=1S/C19H19F3N4O5S/c1-11(27)23-18-25-14(10-32-18)17(29)31-9-16(28)24-13-8-12(19(20,21)22)2-3-15(13)26-4-6-30-7-5-26/h2-3,8,10H,4-7,9H2,1H3,(H,24,28)(H,23,25,27). The number of hydrogen-bond donors (Lipinski definition) is 2. The van der Waals surface area contributed by atoms with E-state index in [0.717, 1.165) is 23.5 Å². The van der Waals surface area contributed by atoms with Crippen molar-refractivity contribution in [1.82, 2.24) is 4.98 Å². The van der Waals surface area contributed by atoms with E-state index in [-0.39, 0.29) is 22.4 Å². The van der Waals surface area contributed by atoms with Crippen molar-refractivity contribution in [3.63, 3.8) is 0 Å². The van der Waals surface area contributed by atoms with Gasteiger partial charge in [-0.05, 0) is 18.2 Å². The molecule has 32 heavy (non-hydrogen) atoms. The predicted octanol–water partition coefficient (Wildman–Crippen LogP) is 2.75. The van der Waals surface area contributed by atoms with Gasteiger partial charge in [0.2, 0.25) is 5.91 Å². The third-order valence-corrected chi connectivity index (χ3v) is 5.04. The number of amides is 2. The summed E-state index contributed by atoms with van der Waals surface area (Å²) in [4.78, 5) is 41.0. The number of carbonyl (C=O) groups excluding carboxylic acids is 3. The fourth-order valence-corrected chi connectivity index (χ4v) is 3.59. The molecule has 1 aliphatic rings. The molecule has 2 aromatic rings. The normalized spacial score (nSPS) is 14.1. The average Bonchev–Trinajstić information content (AvgIpc) is 3.20. The van der Waals surface area contributed by atoms with Gasteiger partial charge in [0.1, 0.15) is 0 Å². The summed E-state index contributed by atoms with van der Waals surface area (Å²) >= 11 is 0.998. The summed E-state index contributed by atoms with van der Waals surface area (Å²) in [6, 6.07) is 3.06. The first-order chi connectivity index (χ1) is 15.1. The summed E-state index contributed by atoms with van der Waals surface area (Å²) in [5, 5.41) is 6.32. The van der Waals surface area contributed by atoms with Crippen LogP contribution in [0.25, 0.3) is 0 Å². The number of ether oxygens (including phenoxy) is 2. The number of alkyl halides is 3. The topological polar surface area (TPSA) is 110 Å². The number of hydrogen-bond acceptors (Lipinski definition) is 8. The highest BCUT2D eigenvalue weighted by atomic mass is 32.1. The minimum atomic E-state index is -4.59. The molecule has 2 amide bonds. The van der Waals surface area contributed by atoms with Gasteiger partial charge in [-0.2, -0.15) is 13.2 Å². The predicted molar refractivity (Wildman–Crippen MR) is 110 cm³/mol. The first kappa shape index (κ1) is 23.5. The van der Waals surface area contributed by atoms with Crippen molar-refractivity contribution in [3.8, 4) is 0 Å². The maximum atomic E-state index is 13.2. The molecule has 0 spiro atoms. The van der Waals surface area contributed by atoms with Crippen LogP contribution in [0.4, 0.5) is 29.7 Å². The fourth-order valence-electron chi connectivity index (χ4n) is 2.86. The van der Waals surface area contributed by atoms with Gasteiger partial charge in [-0.1, -0.05) is 0 Å². The first-order valence-electron chi connectivity index (χ1n) is 9.37. The molecule has 13 heteroatoms. The molecule has 9 nitrogen and oxygen atoms in total. The summed E-state index contributed by atoms with van der Waals surface area (Å²) < 4.78 is 49.6. The lowest BCUT2D eigenvalue weighted by molar-refractivity contribution is -0.137. The lowest BCUT2D eigenvalue weighted by Crippen LogP contribution is -2.37. The molecule has 1 saturated heterocycles. The number of benzene rings is 1. The Morgan fingerprint density at radius 2 is 1.94 bits per heavy atom. The molecule has 0 atom stereocenters. The van der Waals surface area contributed by atoms with Gasteiger partial charge < -0.3 is 25.0 Å². The van der Waals surface area contributed by atoms with E-state index in [4.69, 9.17) is 9.47 Å². The smallest absolute Gasteiger partial charge is 0.416 e. The number of thiazole rings is 1. The molecule has 0 bridgehead atoms. The number of morpholine rings is 1. The second-order valence-corrected chi connectivity index (χ2v) is 7.53. The SMILES string of the molecule is CC(=O)Nc1nc(C(=O)OCC(=O)Nc2cc(C(F)(F)F)ccc2N2CCOCC2)cs1. The molecule has 0 unspecified atom stereocenters. The Morgan fingerprint density at radius 3 is 2.59 bits per heavy atom. The van der Waals surface area contributed by atoms with Gasteiger partial charge in [0.05, 0.1) is 30.2 Å². The van der Waals surface area contributed by atoms with Gasteiger partial charge in [-0.3, -0.25) is 9.59 Å². The van der Waals surface area contributed by atoms with Gasteiger partial charge in [0, 0.05) is 25.4 Å². The number of aromatic nitrogens is 1. The van der Waals surface area contributed by atoms with E-state index in [2.05, 4.69) is 15.6 Å². The zero-order valence-corrected chi connectivity index (χ0v) is 17.6. The minimum Gasteiger partial charge on any atom is -0.451 e. The zero-order chi connectivity index (χ0) is 23.3. The van der Waals surface area contributed by atoms with E-state index in [1.54, 1.807) is 4.90 Å². The number of nitrogens with one attached hydrogen (secondary N) is 2. The first-order valence-corrected chi connectivity index (χ1v) is 10.3. The number of halogens is 3. The van der Waals surface area contributed by atoms with E-state index in [1.165, 1.54) is 18.4 Å². The zero-order valence-electron chi connectivity index (χ0n) is 16.8. The lowest BCUT2D eigenvalue weighted by Gasteiger charge is -2.31. The van der Waals surface area contributed by atoms with Crippen molar-refractivity contribution in [3.05, 3.63) is 34.8 Å². The Hall–Kier alpha value is -3.19. The van der Waals surface area contributed by atoms with Crippen molar-refractivity contribution < 1.29 is 37.0 Å². The van der Waals surface area contributed by atoms with Crippen molar-refractivity contribution in [2.75, 3.05) is 48.4 Å². The molecule has 0 radical (unpaired) electrons. The molecular formula is C19H19F3N4O5S. The number of anilines is 3. The van der Waals surface area contributed by atoms with Crippen molar-refractivity contribution >= 4 is 45.6 Å². The maximum absolute atomic E-state index is 13.2. The molecule has 1 aromatic carbocycles. The molecule has 1 aromatic heterocycles. The summed E-state index contributed by atoms with van der Waals surface area (Å²) in [6.07, 6.45) is -4.59. The van der Waals surface area contributed by atoms with Crippen molar-refractivity contribution in [2.45, 2.75) is 13.1 Å². The van der Waals surface area contributed by atoms with Crippen molar-refractivity contribution in [1.29, 1.82) is 0 Å². The number of nitrogens with zero attached hydrogens (tertiary/aromatic N) is 2. The summed E-state index contributed by atoms with van der Waals surface area (Å²) in [6.45, 7) is 2.25. The van der Waals surface area contributed by atoms with Crippen molar-refractivity contribution in [2.24, 2.45) is 0 Å². The highest BCUT2D eigenvalue weighted by molar-refractivity contribution is 7.14. The van der Waals surface area contributed by atoms with Gasteiger partial charge in [0.15, 0.2) is 17.4 Å². The van der Waals surface area contributed by atoms with Crippen LogP contribution in [-0.4, -0.2) is 55.7 Å². The number of esters is 1. The van der Waals surface area contributed by atoms with Crippen LogP contribution < -0.4 is 15.5 Å². The lowest BCUT2D eigenvalue weighted by atomic mass is 10.1. The molecule has 1 fully saturated rings. The van der Waals surface area contributed by atoms with Crippen LogP contribution in [-0.2, 0) is 25.2 Å². The highest BCUT2D eigenvalue weighted by Crippen LogP contribution is 2.35. The Labute approximate surface area is 184 Å². The molecule has 3 rings (SSSR count). The average molecular weight is 472 g/mol. The Balaban J connectivity index is 1.68. The molecule has 1 aliphatic heterocycles. The van der Waals surface area contributed by atoms with E-state index in [0.29, 0.717) is 32.0 Å². The molecule has 172 valence electrons. The summed E-state index contributed by atoms with van der Waals surface area (Å²) in [5.41, 5.74) is -0.681. The number of carbonyl (C=O) groups is 3. The van der Waals surface area contributed by atoms with E-state index in [9.17, 15) is 27.6 Å². The summed E-state index contributed by atoms with van der Waals surface area (Å²) in [5.74, 6) is -2.09. The third kappa shape index (κ3) is 6.17. The second-order valence-electron chi connectivity index (χ2n) is 6.67. The summed E-state index contributed by atoms with van der Waals surface area (Å²) in [7, 11) is 0. The van der Waals surface area contributed by atoms with Gasteiger partial charge in [-0.25, -0.2) is 9.78 Å². The molecule has 2 heterocycles. The minimum absolute atomic E-state index is 0.0515. The van der Waals surface area contributed by atoms with Crippen LogP contribution in [0.1, 0.15) is 23.0 Å². The van der Waals surface area contributed by atoms with Gasteiger partial charge in [0.25, 0.3) is 5.91 Å². The molecule has 0 saturated carbocycles. The highest BCUT2D eigenvalue weighted by Gasteiger charge is 2.32. The fraction of sp³-hybridized carbons (Fsp3) is 0.368. The Morgan fingerprint density at radius 1 is 1.22 bits per heavy atom. The van der Waals surface area contributed by atoms with Crippen LogP contribution in [0.3, 0.4) is 0 Å². The van der Waals surface area contributed by atoms with Crippen LogP contribution >= 0.6 is 11.3 Å². The van der Waals surface area contributed by atoms with E-state index < -0.39 is 30.2 Å². The largest absolute Gasteiger partial charge is 0.451 e. The number of rotatable bonds is 6. The molecule has 0 aliphatic carbocycles. The van der Waals surface area contributed by atoms with Crippen LogP contribution in [0.5, 0.6) is 0 Å². The Kier molecular flexibility index (Phi) is 7.30. The van der Waals surface area contributed by atoms with Gasteiger partial charge in [-0.15, -0.1) is 11.3 Å².